The number of nitrogens with one attached hydrogen (secondary N) is 1. The zero-order valence-electron chi connectivity index (χ0n) is 11.3. The molecule has 0 radical (unpaired) electrons. The number of nitrogens with zero attached hydrogens (tertiary/aromatic N) is 1. The molecule has 0 fully saturated rings. The Morgan fingerprint density at radius 1 is 1.58 bits per heavy atom. The topological polar surface area (TPSA) is 67.5 Å². The molecule has 0 spiro atoms. The van der Waals surface area contributed by atoms with Crippen molar-refractivity contribution in [3.05, 3.63) is 35.4 Å². The lowest BCUT2D eigenvalue weighted by Crippen LogP contribution is -2.29. The molecule has 19 heavy (non-hydrogen) atoms. The number of rotatable bonds is 3. The molecule has 1 aromatic rings. The van der Waals surface area contributed by atoms with E-state index in [0.29, 0.717) is 11.7 Å². The van der Waals surface area contributed by atoms with Crippen molar-refractivity contribution in [1.29, 1.82) is 0 Å². The van der Waals surface area contributed by atoms with Crippen LogP contribution in [0.25, 0.3) is 0 Å². The van der Waals surface area contributed by atoms with Gasteiger partial charge < -0.3 is 11.1 Å². The Labute approximate surface area is 117 Å². The molecule has 4 nitrogen and oxygen atoms in total. The van der Waals surface area contributed by atoms with Gasteiger partial charge in [-0.1, -0.05) is 36.0 Å². The minimum Gasteiger partial charge on any atom is -0.379 e. The van der Waals surface area contributed by atoms with Gasteiger partial charge in [0.2, 0.25) is 5.91 Å². The molecular formula is C14H19N3OS. The highest BCUT2D eigenvalue weighted by Gasteiger charge is 2.29. The van der Waals surface area contributed by atoms with E-state index >= 15 is 0 Å². The normalized spacial score (nSPS) is 22.7. The molecule has 1 unspecified atom stereocenters. The van der Waals surface area contributed by atoms with Gasteiger partial charge in [0.15, 0.2) is 5.17 Å². The van der Waals surface area contributed by atoms with Gasteiger partial charge in [0.05, 0.1) is 5.54 Å². The Kier molecular flexibility index (Phi) is 4.14. The summed E-state index contributed by atoms with van der Waals surface area (Å²) < 4.78 is 0. The molecule has 1 aromatic carbocycles. The number of hydrogen-bond acceptors (Lipinski definition) is 4. The van der Waals surface area contributed by atoms with Gasteiger partial charge in [0, 0.05) is 19.2 Å². The van der Waals surface area contributed by atoms with Crippen LogP contribution in [0, 0.1) is 0 Å². The van der Waals surface area contributed by atoms with E-state index in [0.717, 1.165) is 23.3 Å². The smallest absolute Gasteiger partial charge is 0.217 e. The summed E-state index contributed by atoms with van der Waals surface area (Å²) in [6, 6.07) is 8.19. The number of thioether (sulfide) groups is 1. The second-order valence-electron chi connectivity index (χ2n) is 4.93. The van der Waals surface area contributed by atoms with Crippen LogP contribution in [0.2, 0.25) is 0 Å². The second kappa shape index (κ2) is 5.65. The quantitative estimate of drug-likeness (QED) is 0.888. The van der Waals surface area contributed by atoms with Crippen LogP contribution in [-0.4, -0.2) is 16.8 Å². The Morgan fingerprint density at radius 2 is 2.37 bits per heavy atom. The molecule has 102 valence electrons. The number of carbonyl (C=O) groups is 1. The lowest BCUT2D eigenvalue weighted by Gasteiger charge is -2.30. The number of nitrogens with two attached hydrogens (primary N) is 1. The van der Waals surface area contributed by atoms with E-state index < -0.39 is 0 Å². The SMILES string of the molecule is CC(=O)NCc1cccc(C2(C)CCSC(N)=N2)c1. The van der Waals surface area contributed by atoms with Gasteiger partial charge in [-0.3, -0.25) is 9.79 Å². The Morgan fingerprint density at radius 3 is 3.05 bits per heavy atom. The van der Waals surface area contributed by atoms with Crippen LogP contribution < -0.4 is 11.1 Å². The number of hydrogen-bond donors (Lipinski definition) is 2. The summed E-state index contributed by atoms with van der Waals surface area (Å²) in [4.78, 5) is 15.5. The molecule has 0 saturated heterocycles. The van der Waals surface area contributed by atoms with E-state index in [4.69, 9.17) is 5.73 Å². The van der Waals surface area contributed by atoms with Crippen molar-refractivity contribution < 1.29 is 4.79 Å². The molecule has 1 amide bonds. The van der Waals surface area contributed by atoms with Gasteiger partial charge in [0.1, 0.15) is 0 Å². The highest BCUT2D eigenvalue weighted by atomic mass is 32.2. The maximum absolute atomic E-state index is 11.0. The van der Waals surface area contributed by atoms with Crippen molar-refractivity contribution in [3.8, 4) is 0 Å². The van der Waals surface area contributed by atoms with E-state index in [9.17, 15) is 4.79 Å². The predicted octanol–water partition coefficient (Wildman–Crippen LogP) is 1.99. The minimum atomic E-state index is -0.248. The number of amides is 1. The minimum absolute atomic E-state index is 0.0204. The molecule has 1 aliphatic rings. The molecular weight excluding hydrogens is 258 g/mol. The lowest BCUT2D eigenvalue weighted by molar-refractivity contribution is -0.119. The summed E-state index contributed by atoms with van der Waals surface area (Å²) in [5, 5.41) is 3.46. The van der Waals surface area contributed by atoms with E-state index in [1.807, 2.05) is 12.1 Å². The number of amidine groups is 1. The standard InChI is InChI=1S/C14H19N3OS/c1-10(18)16-9-11-4-3-5-12(8-11)14(2)6-7-19-13(15)17-14/h3-5,8H,6-7,9H2,1-2H3,(H2,15,17)(H,16,18). The monoisotopic (exact) mass is 277 g/mol. The van der Waals surface area contributed by atoms with Gasteiger partial charge in [-0.05, 0) is 24.5 Å². The van der Waals surface area contributed by atoms with E-state index in [1.165, 1.54) is 6.92 Å². The zero-order valence-corrected chi connectivity index (χ0v) is 12.1. The van der Waals surface area contributed by atoms with E-state index in [2.05, 4.69) is 29.4 Å². The van der Waals surface area contributed by atoms with Crippen LogP contribution >= 0.6 is 11.8 Å². The van der Waals surface area contributed by atoms with Crippen LogP contribution in [0.3, 0.4) is 0 Å². The number of carbonyl (C=O) groups excluding carboxylic acids is 1. The molecule has 5 heteroatoms. The van der Waals surface area contributed by atoms with Gasteiger partial charge in [-0.15, -0.1) is 0 Å². The Bertz CT molecular complexity index is 515. The molecule has 0 aromatic heterocycles. The predicted molar refractivity (Wildman–Crippen MR) is 80.0 cm³/mol. The third-order valence-corrected chi connectivity index (χ3v) is 4.08. The molecule has 1 heterocycles. The summed E-state index contributed by atoms with van der Waals surface area (Å²) in [7, 11) is 0. The molecule has 0 aliphatic carbocycles. The Balaban J connectivity index is 2.22. The summed E-state index contributed by atoms with van der Waals surface area (Å²) in [6.07, 6.45) is 0.974. The van der Waals surface area contributed by atoms with Gasteiger partial charge in [0.25, 0.3) is 0 Å². The summed E-state index contributed by atoms with van der Waals surface area (Å²) in [6.45, 7) is 4.18. The van der Waals surface area contributed by atoms with Gasteiger partial charge in [-0.25, -0.2) is 0 Å². The largest absolute Gasteiger partial charge is 0.379 e. The van der Waals surface area contributed by atoms with Crippen molar-refractivity contribution in [3.63, 3.8) is 0 Å². The molecule has 1 aliphatic heterocycles. The first-order chi connectivity index (χ1) is 8.99. The molecule has 2 rings (SSSR count). The third-order valence-electron chi connectivity index (χ3n) is 3.29. The average Bonchev–Trinajstić information content (AvgIpc) is 2.36. The maximum Gasteiger partial charge on any atom is 0.217 e. The van der Waals surface area contributed by atoms with Crippen molar-refractivity contribution in [2.24, 2.45) is 10.7 Å². The Hall–Kier alpha value is -1.49. The highest BCUT2D eigenvalue weighted by molar-refractivity contribution is 8.13. The fourth-order valence-electron chi connectivity index (χ4n) is 2.14. The maximum atomic E-state index is 11.0. The van der Waals surface area contributed by atoms with Crippen LogP contribution in [0.4, 0.5) is 0 Å². The molecule has 1 atom stereocenters. The van der Waals surface area contributed by atoms with Crippen molar-refractivity contribution in [2.45, 2.75) is 32.4 Å². The number of benzene rings is 1. The number of aliphatic imine (C=N–C) groups is 1. The lowest BCUT2D eigenvalue weighted by atomic mass is 9.89. The van der Waals surface area contributed by atoms with Gasteiger partial charge >= 0.3 is 0 Å². The van der Waals surface area contributed by atoms with Crippen molar-refractivity contribution >= 4 is 22.8 Å². The average molecular weight is 277 g/mol. The summed E-state index contributed by atoms with van der Waals surface area (Å²) in [5.41, 5.74) is 7.83. The van der Waals surface area contributed by atoms with Gasteiger partial charge in [-0.2, -0.15) is 0 Å². The van der Waals surface area contributed by atoms with Crippen LogP contribution in [-0.2, 0) is 16.9 Å². The summed E-state index contributed by atoms with van der Waals surface area (Å²) >= 11 is 1.60. The van der Waals surface area contributed by atoms with E-state index in [-0.39, 0.29) is 11.4 Å². The van der Waals surface area contributed by atoms with Crippen LogP contribution in [0.15, 0.2) is 29.3 Å². The van der Waals surface area contributed by atoms with Crippen molar-refractivity contribution in [2.75, 3.05) is 5.75 Å². The van der Waals surface area contributed by atoms with Crippen molar-refractivity contribution in [1.82, 2.24) is 5.32 Å². The molecule has 0 bridgehead atoms. The summed E-state index contributed by atoms with van der Waals surface area (Å²) in [5.74, 6) is 0.967. The molecule has 3 N–H and O–H groups in total. The van der Waals surface area contributed by atoms with E-state index in [1.54, 1.807) is 11.8 Å². The zero-order chi connectivity index (χ0) is 13.9. The fourth-order valence-corrected chi connectivity index (χ4v) is 3.11. The fraction of sp³-hybridized carbons (Fsp3) is 0.429. The first kappa shape index (κ1) is 13.9. The van der Waals surface area contributed by atoms with Crippen LogP contribution in [0.1, 0.15) is 31.4 Å². The first-order valence-corrected chi connectivity index (χ1v) is 7.30. The highest BCUT2D eigenvalue weighted by Crippen LogP contribution is 2.35. The molecule has 0 saturated carbocycles. The third kappa shape index (κ3) is 3.50. The van der Waals surface area contributed by atoms with Crippen LogP contribution in [0.5, 0.6) is 0 Å². The first-order valence-electron chi connectivity index (χ1n) is 6.31. The second-order valence-corrected chi connectivity index (χ2v) is 6.05.